The van der Waals surface area contributed by atoms with Crippen molar-refractivity contribution in [2.24, 2.45) is 5.16 Å². The van der Waals surface area contributed by atoms with Crippen molar-refractivity contribution >= 4 is 33.2 Å². The Labute approximate surface area is 88.7 Å². The number of carbonyl (C=O) groups excluding carboxylic acids is 1. The molecule has 2 rings (SSSR count). The van der Waals surface area contributed by atoms with Gasteiger partial charge in [-0.1, -0.05) is 11.2 Å². The van der Waals surface area contributed by atoms with E-state index in [-0.39, 0.29) is 11.6 Å². The number of hydrogen-bond donors (Lipinski definition) is 2. The maximum Gasteiger partial charge on any atom is 0.278 e. The predicted molar refractivity (Wildman–Crippen MR) is 55.8 cm³/mol. The smallest absolute Gasteiger partial charge is 0.278 e. The molecule has 1 aromatic rings. The second-order valence-electron chi connectivity index (χ2n) is 3.02. The summed E-state index contributed by atoms with van der Waals surface area (Å²) in [6.45, 7) is 1.90. The molecule has 1 heterocycles. The number of nitrogens with one attached hydrogen (secondary N) is 1. The van der Waals surface area contributed by atoms with Crippen molar-refractivity contribution in [3.63, 3.8) is 0 Å². The first-order chi connectivity index (χ1) is 6.65. The van der Waals surface area contributed by atoms with Crippen LogP contribution in [-0.2, 0) is 4.79 Å². The second kappa shape index (κ2) is 3.09. The highest BCUT2D eigenvalue weighted by Gasteiger charge is 2.29. The van der Waals surface area contributed by atoms with Crippen molar-refractivity contribution in [3.8, 4) is 0 Å². The Bertz CT molecular complexity index is 454. The molecule has 0 saturated carbocycles. The van der Waals surface area contributed by atoms with E-state index < -0.39 is 0 Å². The molecule has 5 heteroatoms. The maximum absolute atomic E-state index is 11.3. The van der Waals surface area contributed by atoms with Crippen molar-refractivity contribution < 1.29 is 10.0 Å². The van der Waals surface area contributed by atoms with Gasteiger partial charge in [0.2, 0.25) is 0 Å². The summed E-state index contributed by atoms with van der Waals surface area (Å²) in [6, 6.07) is 3.66. The molecule has 0 aromatic heterocycles. The standard InChI is InChI=1S/C9H7BrN2O2/c1-4-2-3-5-6(7(4)10)8(12-14)9(13)11-5/h2-3,14H,1H3,(H,11,12,13). The van der Waals surface area contributed by atoms with Crippen molar-refractivity contribution in [2.75, 3.05) is 5.32 Å². The number of fused-ring (bicyclic) bond motifs is 1. The number of amides is 1. The number of oxime groups is 1. The minimum Gasteiger partial charge on any atom is -0.410 e. The Morgan fingerprint density at radius 1 is 1.50 bits per heavy atom. The van der Waals surface area contributed by atoms with Crippen LogP contribution < -0.4 is 5.32 Å². The zero-order valence-corrected chi connectivity index (χ0v) is 8.92. The number of carbonyl (C=O) groups is 1. The Balaban J connectivity index is 2.73. The minimum absolute atomic E-state index is 0.0515. The molecule has 0 bridgehead atoms. The van der Waals surface area contributed by atoms with E-state index in [1.54, 1.807) is 6.07 Å². The van der Waals surface area contributed by atoms with E-state index in [0.29, 0.717) is 11.3 Å². The fourth-order valence-corrected chi connectivity index (χ4v) is 1.94. The first-order valence-corrected chi connectivity index (χ1v) is 4.77. The number of hydrogen-bond acceptors (Lipinski definition) is 3. The van der Waals surface area contributed by atoms with Gasteiger partial charge in [-0.15, -0.1) is 0 Å². The van der Waals surface area contributed by atoms with Crippen LogP contribution in [0.2, 0.25) is 0 Å². The summed E-state index contributed by atoms with van der Waals surface area (Å²) in [4.78, 5) is 11.3. The molecular formula is C9H7BrN2O2. The highest BCUT2D eigenvalue weighted by Crippen LogP contribution is 2.32. The van der Waals surface area contributed by atoms with E-state index in [2.05, 4.69) is 26.4 Å². The van der Waals surface area contributed by atoms with Gasteiger partial charge in [0.05, 0.1) is 5.69 Å². The molecule has 72 valence electrons. The van der Waals surface area contributed by atoms with Crippen LogP contribution in [0.15, 0.2) is 21.8 Å². The summed E-state index contributed by atoms with van der Waals surface area (Å²) >= 11 is 3.36. The summed E-state index contributed by atoms with van der Waals surface area (Å²) < 4.78 is 0.779. The molecule has 2 N–H and O–H groups in total. The number of benzene rings is 1. The highest BCUT2D eigenvalue weighted by atomic mass is 79.9. The molecule has 0 fully saturated rings. The summed E-state index contributed by atoms with van der Waals surface area (Å²) in [5.74, 6) is -0.381. The molecule has 1 amide bonds. The van der Waals surface area contributed by atoms with Gasteiger partial charge in [-0.2, -0.15) is 0 Å². The van der Waals surface area contributed by atoms with Crippen LogP contribution in [0, 0.1) is 6.92 Å². The van der Waals surface area contributed by atoms with Gasteiger partial charge in [-0.3, -0.25) is 4.79 Å². The van der Waals surface area contributed by atoms with E-state index in [4.69, 9.17) is 5.21 Å². The summed E-state index contributed by atoms with van der Waals surface area (Å²) in [5.41, 5.74) is 2.33. The van der Waals surface area contributed by atoms with Gasteiger partial charge in [0, 0.05) is 10.0 Å². The van der Waals surface area contributed by atoms with E-state index in [9.17, 15) is 4.79 Å². The van der Waals surface area contributed by atoms with Gasteiger partial charge in [0.25, 0.3) is 5.91 Å². The molecule has 0 spiro atoms. The van der Waals surface area contributed by atoms with Gasteiger partial charge in [-0.05, 0) is 34.5 Å². The SMILES string of the molecule is Cc1ccc2c(c1Br)/C(=N/O)C(=O)N2. The molecule has 1 aliphatic rings. The lowest BCUT2D eigenvalue weighted by Gasteiger charge is -2.03. The lowest BCUT2D eigenvalue weighted by Crippen LogP contribution is -2.14. The molecule has 1 aliphatic heterocycles. The van der Waals surface area contributed by atoms with Gasteiger partial charge in [-0.25, -0.2) is 0 Å². The fourth-order valence-electron chi connectivity index (χ4n) is 1.41. The van der Waals surface area contributed by atoms with Gasteiger partial charge >= 0.3 is 0 Å². The van der Waals surface area contributed by atoms with E-state index in [1.165, 1.54) is 0 Å². The monoisotopic (exact) mass is 254 g/mol. The molecule has 1 aromatic carbocycles. The Morgan fingerprint density at radius 2 is 2.21 bits per heavy atom. The molecular weight excluding hydrogens is 248 g/mol. The van der Waals surface area contributed by atoms with Crippen LogP contribution in [0.3, 0.4) is 0 Å². The van der Waals surface area contributed by atoms with Gasteiger partial charge in [0.1, 0.15) is 0 Å². The zero-order valence-electron chi connectivity index (χ0n) is 7.34. The molecule has 0 atom stereocenters. The number of aryl methyl sites for hydroxylation is 1. The number of anilines is 1. The van der Waals surface area contributed by atoms with Crippen molar-refractivity contribution in [1.29, 1.82) is 0 Å². The van der Waals surface area contributed by atoms with E-state index in [0.717, 1.165) is 10.0 Å². The van der Waals surface area contributed by atoms with Crippen LogP contribution in [0.4, 0.5) is 5.69 Å². The predicted octanol–water partition coefficient (Wildman–Crippen LogP) is 1.89. The summed E-state index contributed by atoms with van der Waals surface area (Å²) in [7, 11) is 0. The van der Waals surface area contributed by atoms with Gasteiger partial charge < -0.3 is 10.5 Å². The van der Waals surface area contributed by atoms with Crippen LogP contribution in [0.25, 0.3) is 0 Å². The topological polar surface area (TPSA) is 61.7 Å². The third-order valence-corrected chi connectivity index (χ3v) is 3.16. The molecule has 0 unspecified atom stereocenters. The van der Waals surface area contributed by atoms with Crippen LogP contribution in [0.1, 0.15) is 11.1 Å². The first-order valence-electron chi connectivity index (χ1n) is 3.98. The van der Waals surface area contributed by atoms with E-state index >= 15 is 0 Å². The Morgan fingerprint density at radius 3 is 2.86 bits per heavy atom. The number of nitrogens with zero attached hydrogens (tertiary/aromatic N) is 1. The number of halogens is 1. The van der Waals surface area contributed by atoms with Crippen molar-refractivity contribution in [2.45, 2.75) is 6.92 Å². The van der Waals surface area contributed by atoms with Crippen LogP contribution >= 0.6 is 15.9 Å². The van der Waals surface area contributed by atoms with Crippen molar-refractivity contribution in [1.82, 2.24) is 0 Å². The van der Waals surface area contributed by atoms with Crippen molar-refractivity contribution in [3.05, 3.63) is 27.7 Å². The molecule has 0 radical (unpaired) electrons. The third-order valence-electron chi connectivity index (χ3n) is 2.14. The normalized spacial score (nSPS) is 17.0. The average molecular weight is 255 g/mol. The lowest BCUT2D eigenvalue weighted by molar-refractivity contribution is -0.110. The summed E-state index contributed by atoms with van der Waals surface area (Å²) in [5, 5.41) is 14.3. The minimum atomic E-state index is -0.381. The second-order valence-corrected chi connectivity index (χ2v) is 3.81. The molecule has 4 nitrogen and oxygen atoms in total. The number of rotatable bonds is 0. The third kappa shape index (κ3) is 1.13. The average Bonchev–Trinajstić information content (AvgIpc) is 2.48. The Kier molecular flexibility index (Phi) is 2.03. The summed E-state index contributed by atoms with van der Waals surface area (Å²) in [6.07, 6.45) is 0. The largest absolute Gasteiger partial charge is 0.410 e. The molecule has 0 saturated heterocycles. The van der Waals surface area contributed by atoms with E-state index in [1.807, 2.05) is 13.0 Å². The zero-order chi connectivity index (χ0) is 10.3. The maximum atomic E-state index is 11.3. The highest BCUT2D eigenvalue weighted by molar-refractivity contribution is 9.10. The van der Waals surface area contributed by atoms with Crippen LogP contribution in [0.5, 0.6) is 0 Å². The quantitative estimate of drug-likeness (QED) is 0.549. The molecule has 14 heavy (non-hydrogen) atoms. The fraction of sp³-hybridized carbons (Fsp3) is 0.111. The van der Waals surface area contributed by atoms with Crippen LogP contribution in [-0.4, -0.2) is 16.8 Å². The first kappa shape index (κ1) is 9.21. The van der Waals surface area contributed by atoms with Gasteiger partial charge in [0.15, 0.2) is 5.71 Å². The lowest BCUT2D eigenvalue weighted by atomic mass is 10.1. The Hall–Kier alpha value is -1.36. The molecule has 0 aliphatic carbocycles.